The third-order valence-electron chi connectivity index (χ3n) is 10.1. The molecule has 5 nitrogen and oxygen atoms in total. The second kappa shape index (κ2) is 11.2. The van der Waals surface area contributed by atoms with Gasteiger partial charge in [-0.1, -0.05) is 127 Å². The van der Waals surface area contributed by atoms with E-state index >= 15 is 0 Å². The molecule has 0 fully saturated rings. The molecule has 0 spiro atoms. The largest absolute Gasteiger partial charge is 0.456 e. The first-order valence-corrected chi connectivity index (χ1v) is 17.4. The molecule has 0 N–H and O–H groups in total. The topological polar surface area (TPSA) is 65.0 Å². The summed E-state index contributed by atoms with van der Waals surface area (Å²) in [6, 6.07) is 56.1. The predicted molar refractivity (Wildman–Crippen MR) is 211 cm³/mol. The lowest BCUT2D eigenvalue weighted by molar-refractivity contribution is 0.668. The van der Waals surface area contributed by atoms with E-state index in [2.05, 4.69) is 91.0 Å². The van der Waals surface area contributed by atoms with Gasteiger partial charge in [0.15, 0.2) is 17.5 Å². The fourth-order valence-electron chi connectivity index (χ4n) is 7.80. The van der Waals surface area contributed by atoms with Crippen molar-refractivity contribution >= 4 is 65.4 Å². The third-order valence-corrected chi connectivity index (χ3v) is 10.1. The van der Waals surface area contributed by atoms with Gasteiger partial charge in [-0.3, -0.25) is 0 Å². The molecule has 0 atom stereocenters. The van der Waals surface area contributed by atoms with Gasteiger partial charge in [0, 0.05) is 43.8 Å². The molecule has 8 aromatic carbocycles. The lowest BCUT2D eigenvalue weighted by Crippen LogP contribution is -2.01. The number of benzene rings is 8. The molecule has 3 aromatic heterocycles. The van der Waals surface area contributed by atoms with Crippen LogP contribution in [0.2, 0.25) is 0 Å². The Balaban J connectivity index is 1.22. The molecule has 0 aliphatic carbocycles. The molecule has 3 heterocycles. The summed E-state index contributed by atoms with van der Waals surface area (Å²) < 4.78 is 13.1. The highest BCUT2D eigenvalue weighted by Gasteiger charge is 2.23. The second-order valence-electron chi connectivity index (χ2n) is 13.1. The van der Waals surface area contributed by atoms with Crippen LogP contribution < -0.4 is 0 Å². The first-order chi connectivity index (χ1) is 25.8. The zero-order valence-electron chi connectivity index (χ0n) is 27.7. The highest BCUT2D eigenvalue weighted by atomic mass is 16.3. The maximum absolute atomic E-state index is 6.77. The van der Waals surface area contributed by atoms with E-state index in [9.17, 15) is 0 Å². The van der Waals surface area contributed by atoms with Gasteiger partial charge >= 0.3 is 0 Å². The highest BCUT2D eigenvalue weighted by Crippen LogP contribution is 2.45. The minimum absolute atomic E-state index is 0.580. The summed E-state index contributed by atoms with van der Waals surface area (Å²) in [6.45, 7) is 0. The van der Waals surface area contributed by atoms with Crippen LogP contribution in [0.4, 0.5) is 0 Å². The fraction of sp³-hybridized carbons (Fsp3) is 0. The molecule has 5 heteroatoms. The van der Waals surface area contributed by atoms with E-state index in [0.717, 1.165) is 87.9 Å². The first-order valence-electron chi connectivity index (χ1n) is 17.4. The molecule has 0 saturated heterocycles. The first kappa shape index (κ1) is 28.7. The Hall–Kier alpha value is -7.11. The summed E-state index contributed by atoms with van der Waals surface area (Å²) in [7, 11) is 0. The van der Waals surface area contributed by atoms with E-state index < -0.39 is 0 Å². The van der Waals surface area contributed by atoms with Gasteiger partial charge in [-0.25, -0.2) is 15.0 Å². The van der Waals surface area contributed by atoms with E-state index in [1.807, 2.05) is 72.8 Å². The van der Waals surface area contributed by atoms with Gasteiger partial charge in [-0.2, -0.15) is 0 Å². The summed E-state index contributed by atoms with van der Waals surface area (Å²) >= 11 is 0. The van der Waals surface area contributed by atoms with Crippen LogP contribution in [0.5, 0.6) is 0 Å². The smallest absolute Gasteiger partial charge is 0.164 e. The summed E-state index contributed by atoms with van der Waals surface area (Å²) in [5.41, 5.74) is 8.04. The Morgan fingerprint density at radius 2 is 0.904 bits per heavy atom. The second-order valence-corrected chi connectivity index (χ2v) is 13.1. The molecule has 11 aromatic rings. The highest BCUT2D eigenvalue weighted by molar-refractivity contribution is 6.20. The van der Waals surface area contributed by atoms with Crippen LogP contribution in [0.25, 0.3) is 111 Å². The van der Waals surface area contributed by atoms with Crippen LogP contribution in [0.1, 0.15) is 0 Å². The SMILES string of the molecule is c1ccc(-c2nc(-c3cc4ccccc4c4ccccc34)nc(-c3ccc(-c4cccc5oc6ccccc6c45)c4oc5ccccc5c34)n2)cc1. The van der Waals surface area contributed by atoms with Crippen molar-refractivity contribution in [2.45, 2.75) is 0 Å². The van der Waals surface area contributed by atoms with Crippen LogP contribution in [0.3, 0.4) is 0 Å². The maximum atomic E-state index is 6.77. The van der Waals surface area contributed by atoms with Crippen molar-refractivity contribution in [3.8, 4) is 45.3 Å². The molecule has 0 aliphatic rings. The molecule has 0 radical (unpaired) electrons. The van der Waals surface area contributed by atoms with Gasteiger partial charge in [-0.15, -0.1) is 0 Å². The van der Waals surface area contributed by atoms with Crippen molar-refractivity contribution in [2.24, 2.45) is 0 Å². The quantitative estimate of drug-likeness (QED) is 0.175. The minimum atomic E-state index is 0.580. The van der Waals surface area contributed by atoms with Gasteiger partial charge in [0.1, 0.15) is 22.3 Å². The molecule has 0 aliphatic heterocycles. The molecule has 0 bridgehead atoms. The number of rotatable bonds is 4. The zero-order chi connectivity index (χ0) is 34.2. The Kier molecular flexibility index (Phi) is 6.18. The van der Waals surface area contributed by atoms with Crippen molar-refractivity contribution in [2.75, 3.05) is 0 Å². The summed E-state index contributed by atoms with van der Waals surface area (Å²) in [6.07, 6.45) is 0. The number of furan rings is 2. The van der Waals surface area contributed by atoms with E-state index in [4.69, 9.17) is 23.8 Å². The fourth-order valence-corrected chi connectivity index (χ4v) is 7.80. The average molecular weight is 666 g/mol. The zero-order valence-corrected chi connectivity index (χ0v) is 27.7. The number of fused-ring (bicyclic) bond motifs is 9. The number of nitrogens with zero attached hydrogens (tertiary/aromatic N) is 3. The number of para-hydroxylation sites is 2. The minimum Gasteiger partial charge on any atom is -0.456 e. The van der Waals surface area contributed by atoms with E-state index in [0.29, 0.717) is 17.5 Å². The molecular weight excluding hydrogens is 639 g/mol. The van der Waals surface area contributed by atoms with Crippen molar-refractivity contribution in [3.63, 3.8) is 0 Å². The van der Waals surface area contributed by atoms with Crippen molar-refractivity contribution < 1.29 is 8.83 Å². The Bertz CT molecular complexity index is 3190. The number of hydrogen-bond acceptors (Lipinski definition) is 5. The summed E-state index contributed by atoms with van der Waals surface area (Å²) in [5.74, 6) is 1.80. The van der Waals surface area contributed by atoms with Crippen LogP contribution >= 0.6 is 0 Å². The molecule has 242 valence electrons. The maximum Gasteiger partial charge on any atom is 0.164 e. The summed E-state index contributed by atoms with van der Waals surface area (Å²) in [5, 5.41) is 8.66. The lowest BCUT2D eigenvalue weighted by atomic mass is 9.95. The van der Waals surface area contributed by atoms with Gasteiger partial charge in [0.25, 0.3) is 0 Å². The molecule has 52 heavy (non-hydrogen) atoms. The Morgan fingerprint density at radius 1 is 0.327 bits per heavy atom. The van der Waals surface area contributed by atoms with E-state index in [1.54, 1.807) is 0 Å². The van der Waals surface area contributed by atoms with E-state index in [-0.39, 0.29) is 0 Å². The predicted octanol–water partition coefficient (Wildman–Crippen LogP) is 12.6. The molecular formula is C47H27N3O2. The van der Waals surface area contributed by atoms with Crippen molar-refractivity contribution in [1.82, 2.24) is 15.0 Å². The van der Waals surface area contributed by atoms with Gasteiger partial charge in [0.2, 0.25) is 0 Å². The Morgan fingerprint density at radius 3 is 1.71 bits per heavy atom. The lowest BCUT2D eigenvalue weighted by Gasteiger charge is -2.13. The third kappa shape index (κ3) is 4.33. The van der Waals surface area contributed by atoms with Gasteiger partial charge < -0.3 is 8.83 Å². The molecule has 0 unspecified atom stereocenters. The van der Waals surface area contributed by atoms with E-state index in [1.165, 1.54) is 5.39 Å². The van der Waals surface area contributed by atoms with Crippen LogP contribution in [0, 0.1) is 0 Å². The van der Waals surface area contributed by atoms with Gasteiger partial charge in [-0.05, 0) is 63.5 Å². The Labute approximate surface area is 297 Å². The normalized spacial score (nSPS) is 11.8. The standard InChI is InChI=1S/C47H27N3O2/c1-2-13-28(14-3-1)45-48-46(50-47(49-45)38-27-29-15-4-5-16-30(29)31-17-6-7-18-32(31)38)37-26-25-34(44-43(37)36-20-9-11-23-40(36)52-44)33-21-12-24-41-42(33)35-19-8-10-22-39(35)51-41/h1-27H. The number of aromatic nitrogens is 3. The van der Waals surface area contributed by atoms with Crippen LogP contribution in [-0.4, -0.2) is 15.0 Å². The van der Waals surface area contributed by atoms with Gasteiger partial charge in [0.05, 0.1) is 0 Å². The monoisotopic (exact) mass is 665 g/mol. The van der Waals surface area contributed by atoms with Crippen molar-refractivity contribution in [1.29, 1.82) is 0 Å². The van der Waals surface area contributed by atoms with Crippen molar-refractivity contribution in [3.05, 3.63) is 164 Å². The van der Waals surface area contributed by atoms with Crippen LogP contribution in [-0.2, 0) is 0 Å². The average Bonchev–Trinajstić information content (AvgIpc) is 3.80. The summed E-state index contributed by atoms with van der Waals surface area (Å²) in [4.78, 5) is 15.6. The molecule has 11 rings (SSSR count). The van der Waals surface area contributed by atoms with Crippen LogP contribution in [0.15, 0.2) is 173 Å². The number of hydrogen-bond donors (Lipinski definition) is 0. The molecule has 0 amide bonds. The molecule has 0 saturated carbocycles.